The summed E-state index contributed by atoms with van der Waals surface area (Å²) in [5, 5.41) is 12.0. The van der Waals surface area contributed by atoms with Crippen molar-refractivity contribution >= 4 is 39.3 Å². The van der Waals surface area contributed by atoms with E-state index in [2.05, 4.69) is 35.3 Å². The number of fused-ring (bicyclic) bond motifs is 3. The van der Waals surface area contributed by atoms with Crippen molar-refractivity contribution < 1.29 is 9.90 Å². The van der Waals surface area contributed by atoms with Gasteiger partial charge in [-0.15, -0.1) is 0 Å². The molecule has 0 saturated carbocycles. The third kappa shape index (κ3) is 2.52. The molecule has 0 saturated heterocycles. The van der Waals surface area contributed by atoms with E-state index in [4.69, 9.17) is 0 Å². The molecule has 5 nitrogen and oxygen atoms in total. The molecule has 1 N–H and O–H groups in total. The monoisotopic (exact) mass is 368 g/mol. The molecule has 0 fully saturated rings. The first-order chi connectivity index (χ1) is 13.6. The van der Waals surface area contributed by atoms with E-state index in [9.17, 15) is 14.7 Å². The summed E-state index contributed by atoms with van der Waals surface area (Å²) >= 11 is 0. The van der Waals surface area contributed by atoms with E-state index in [0.29, 0.717) is 29.7 Å². The van der Waals surface area contributed by atoms with E-state index in [-0.39, 0.29) is 11.1 Å². The Morgan fingerprint density at radius 1 is 1.04 bits per heavy atom. The summed E-state index contributed by atoms with van der Waals surface area (Å²) < 4.78 is 1.68. The average molecular weight is 368 g/mol. The van der Waals surface area contributed by atoms with Crippen LogP contribution in [-0.2, 0) is 6.54 Å². The lowest BCUT2D eigenvalue weighted by Crippen LogP contribution is -2.21. The summed E-state index contributed by atoms with van der Waals surface area (Å²) in [5.74, 6) is -0.413. The lowest BCUT2D eigenvalue weighted by molar-refractivity contribution is 0.0697. The Morgan fingerprint density at radius 3 is 2.71 bits per heavy atom. The lowest BCUT2D eigenvalue weighted by atomic mass is 10.0. The zero-order valence-electron chi connectivity index (χ0n) is 14.9. The minimum atomic E-state index is -1.03. The minimum Gasteiger partial charge on any atom is -0.478 e. The normalized spacial score (nSPS) is 14.6. The summed E-state index contributed by atoms with van der Waals surface area (Å²) in [7, 11) is 0. The van der Waals surface area contributed by atoms with Crippen LogP contribution in [0.25, 0.3) is 33.3 Å². The van der Waals surface area contributed by atoms with Crippen LogP contribution in [-0.4, -0.2) is 20.6 Å². The number of hydrogen-bond acceptors (Lipinski definition) is 3. The summed E-state index contributed by atoms with van der Waals surface area (Å²) in [5.41, 5.74) is 2.48. The first kappa shape index (κ1) is 16.4. The molecule has 0 aliphatic carbocycles. The molecule has 0 radical (unpaired) electrons. The molecule has 5 rings (SSSR count). The van der Waals surface area contributed by atoms with Crippen LogP contribution in [0.15, 0.2) is 65.5 Å². The Balaban J connectivity index is 1.72. The van der Waals surface area contributed by atoms with Gasteiger partial charge in [0.05, 0.1) is 16.5 Å². The highest BCUT2D eigenvalue weighted by Gasteiger charge is 2.21. The molecule has 0 spiro atoms. The first-order valence-corrected chi connectivity index (χ1v) is 9.08. The van der Waals surface area contributed by atoms with Gasteiger partial charge in [-0.25, -0.2) is 9.78 Å². The highest BCUT2D eigenvalue weighted by molar-refractivity contribution is 5.96. The quantitative estimate of drug-likeness (QED) is 0.576. The fraction of sp³-hybridized carbons (Fsp3) is 0.0870. The molecule has 0 unspecified atom stereocenters. The Morgan fingerprint density at radius 2 is 1.86 bits per heavy atom. The van der Waals surface area contributed by atoms with Crippen LogP contribution in [0, 0.1) is 0 Å². The van der Waals surface area contributed by atoms with Crippen molar-refractivity contribution in [3.8, 4) is 0 Å². The van der Waals surface area contributed by atoms with Crippen LogP contribution in [0.4, 0.5) is 0 Å². The van der Waals surface area contributed by atoms with Gasteiger partial charge in [0, 0.05) is 6.54 Å². The number of aromatic nitrogens is 2. The number of nitrogens with zero attached hydrogens (tertiary/aromatic N) is 2. The van der Waals surface area contributed by atoms with Crippen LogP contribution >= 0.6 is 0 Å². The summed E-state index contributed by atoms with van der Waals surface area (Å²) in [6, 6.07) is 18.8. The average Bonchev–Trinajstić information content (AvgIpc) is 3.11. The second-order valence-corrected chi connectivity index (χ2v) is 6.92. The summed E-state index contributed by atoms with van der Waals surface area (Å²) in [6.07, 6.45) is 2.80. The molecule has 3 aromatic carbocycles. The number of benzene rings is 3. The van der Waals surface area contributed by atoms with Crippen LogP contribution in [0.3, 0.4) is 0 Å². The highest BCUT2D eigenvalue weighted by Crippen LogP contribution is 2.30. The van der Waals surface area contributed by atoms with Gasteiger partial charge in [-0.05, 0) is 52.6 Å². The van der Waals surface area contributed by atoms with Gasteiger partial charge in [-0.2, -0.15) is 0 Å². The Labute approximate surface area is 160 Å². The van der Waals surface area contributed by atoms with Crippen molar-refractivity contribution in [3.63, 3.8) is 0 Å². The minimum absolute atomic E-state index is 0.127. The number of allylic oxidation sites excluding steroid dienone is 1. The van der Waals surface area contributed by atoms with Gasteiger partial charge in [0.15, 0.2) is 0 Å². The predicted octanol–water partition coefficient (Wildman–Crippen LogP) is 4.19. The van der Waals surface area contributed by atoms with E-state index < -0.39 is 5.97 Å². The van der Waals surface area contributed by atoms with Crippen LogP contribution in [0.2, 0.25) is 0 Å². The Bertz CT molecular complexity index is 1360. The number of aromatic carboxylic acids is 1. The molecule has 1 aromatic heterocycles. The van der Waals surface area contributed by atoms with Gasteiger partial charge in [-0.3, -0.25) is 9.36 Å². The van der Waals surface area contributed by atoms with Crippen LogP contribution in [0.5, 0.6) is 0 Å². The lowest BCUT2D eigenvalue weighted by Gasteiger charge is -2.07. The molecular weight excluding hydrogens is 352 g/mol. The van der Waals surface area contributed by atoms with E-state index in [1.807, 2.05) is 18.2 Å². The second-order valence-electron chi connectivity index (χ2n) is 6.92. The predicted molar refractivity (Wildman–Crippen MR) is 109 cm³/mol. The molecule has 1 aliphatic rings. The number of carbonyl (C=O) groups is 1. The van der Waals surface area contributed by atoms with Gasteiger partial charge in [-0.1, -0.05) is 42.5 Å². The van der Waals surface area contributed by atoms with Gasteiger partial charge >= 0.3 is 5.97 Å². The first-order valence-electron chi connectivity index (χ1n) is 9.08. The van der Waals surface area contributed by atoms with Gasteiger partial charge in [0.2, 0.25) is 0 Å². The molecule has 0 bridgehead atoms. The molecule has 4 aromatic rings. The number of carboxylic acid groups (broad SMARTS) is 1. The number of carboxylic acids is 1. The second kappa shape index (κ2) is 6.16. The standard InChI is InChI=1S/C23H16N2O3/c26-22-19-9-8-17(23(27)28)13-20(19)24-21-16(10-11-25(21)22)12-15-6-3-5-14-4-1-2-7-18(14)15/h1-9,12-13H,10-11H2,(H,27,28). The van der Waals surface area contributed by atoms with Gasteiger partial charge in [0.1, 0.15) is 5.82 Å². The molecule has 0 amide bonds. The van der Waals surface area contributed by atoms with Crippen molar-refractivity contribution in [3.05, 3.63) is 88.0 Å². The molecule has 0 atom stereocenters. The maximum atomic E-state index is 12.9. The van der Waals surface area contributed by atoms with E-state index in [1.54, 1.807) is 10.6 Å². The third-order valence-corrected chi connectivity index (χ3v) is 5.25. The molecule has 5 heteroatoms. The van der Waals surface area contributed by atoms with Gasteiger partial charge < -0.3 is 5.11 Å². The highest BCUT2D eigenvalue weighted by atomic mass is 16.4. The maximum Gasteiger partial charge on any atom is 0.335 e. The SMILES string of the molecule is O=C(O)c1ccc2c(=O)n3c(nc2c1)C(=Cc1cccc2ccccc12)CC3. The molecule has 2 heterocycles. The van der Waals surface area contributed by atoms with Crippen molar-refractivity contribution in [1.29, 1.82) is 0 Å². The fourth-order valence-electron chi connectivity index (χ4n) is 3.85. The molecule has 1 aliphatic heterocycles. The Hall–Kier alpha value is -3.73. The van der Waals surface area contributed by atoms with Crippen LogP contribution < -0.4 is 5.56 Å². The summed E-state index contributed by atoms with van der Waals surface area (Å²) in [4.78, 5) is 28.8. The summed E-state index contributed by atoms with van der Waals surface area (Å²) in [6.45, 7) is 0.578. The third-order valence-electron chi connectivity index (χ3n) is 5.25. The largest absolute Gasteiger partial charge is 0.478 e. The molecule has 28 heavy (non-hydrogen) atoms. The van der Waals surface area contributed by atoms with Crippen molar-refractivity contribution in [2.45, 2.75) is 13.0 Å². The van der Waals surface area contributed by atoms with Gasteiger partial charge in [0.25, 0.3) is 5.56 Å². The van der Waals surface area contributed by atoms with Crippen molar-refractivity contribution in [2.24, 2.45) is 0 Å². The maximum absolute atomic E-state index is 12.9. The zero-order valence-corrected chi connectivity index (χ0v) is 14.9. The fourth-order valence-corrected chi connectivity index (χ4v) is 3.85. The Kier molecular flexibility index (Phi) is 3.62. The molecule has 136 valence electrons. The van der Waals surface area contributed by atoms with Crippen molar-refractivity contribution in [1.82, 2.24) is 9.55 Å². The smallest absolute Gasteiger partial charge is 0.335 e. The van der Waals surface area contributed by atoms with Crippen molar-refractivity contribution in [2.75, 3.05) is 0 Å². The molecular formula is C23H16N2O3. The van der Waals surface area contributed by atoms with E-state index in [1.165, 1.54) is 12.1 Å². The van der Waals surface area contributed by atoms with E-state index in [0.717, 1.165) is 21.9 Å². The topological polar surface area (TPSA) is 72.2 Å². The van der Waals surface area contributed by atoms with Crippen LogP contribution in [0.1, 0.15) is 28.2 Å². The number of rotatable bonds is 2. The zero-order chi connectivity index (χ0) is 19.3. The van der Waals surface area contributed by atoms with E-state index >= 15 is 0 Å². The number of hydrogen-bond donors (Lipinski definition) is 1.